The molecule has 1 saturated heterocycles. The normalized spacial score (nSPS) is 25.9. The Bertz CT molecular complexity index is 955. The van der Waals surface area contributed by atoms with E-state index < -0.39 is 23.6 Å². The molecule has 4 atom stereocenters. The molecule has 6 heteroatoms. The van der Waals surface area contributed by atoms with Crippen molar-refractivity contribution in [2.24, 2.45) is 11.8 Å². The fourth-order valence-corrected chi connectivity index (χ4v) is 4.80. The van der Waals surface area contributed by atoms with Gasteiger partial charge in [-0.05, 0) is 75.1 Å². The molecule has 0 amide bonds. The van der Waals surface area contributed by atoms with Gasteiger partial charge in [-0.3, -0.25) is 4.79 Å². The van der Waals surface area contributed by atoms with E-state index in [-0.39, 0.29) is 24.4 Å². The molecule has 1 fully saturated rings. The van der Waals surface area contributed by atoms with Gasteiger partial charge < -0.3 is 19.3 Å². The number of rotatable bonds is 7. The summed E-state index contributed by atoms with van der Waals surface area (Å²) in [5.41, 5.74) is 1.66. The second-order valence-corrected chi connectivity index (χ2v) is 9.33. The number of carboxylic acid groups (broad SMARTS) is 1. The predicted octanol–water partition coefficient (Wildman–Crippen LogP) is 5.57. The molecule has 0 saturated carbocycles. The molecule has 2 aromatic carbocycles. The van der Waals surface area contributed by atoms with Crippen molar-refractivity contribution in [2.45, 2.75) is 64.3 Å². The molecule has 4 rings (SSSR count). The van der Waals surface area contributed by atoms with Crippen molar-refractivity contribution in [3.05, 3.63) is 59.4 Å². The fraction of sp³-hybridized carbons (Fsp3) is 0.500. The van der Waals surface area contributed by atoms with Crippen LogP contribution in [-0.2, 0) is 16.0 Å². The summed E-state index contributed by atoms with van der Waals surface area (Å²) in [5.74, 6) is -0.796. The highest BCUT2D eigenvalue weighted by atomic mass is 19.1. The van der Waals surface area contributed by atoms with Gasteiger partial charge in [0.25, 0.3) is 0 Å². The smallest absolute Gasteiger partial charge is 0.309 e. The first-order valence-electron chi connectivity index (χ1n) is 11.4. The molecule has 0 aromatic heterocycles. The topological polar surface area (TPSA) is 65.0 Å². The van der Waals surface area contributed by atoms with Crippen molar-refractivity contribution in [3.63, 3.8) is 0 Å². The summed E-state index contributed by atoms with van der Waals surface area (Å²) >= 11 is 0. The summed E-state index contributed by atoms with van der Waals surface area (Å²) in [6.07, 6.45) is 2.75. The van der Waals surface area contributed by atoms with Crippen LogP contribution in [0.3, 0.4) is 0 Å². The van der Waals surface area contributed by atoms with Crippen molar-refractivity contribution >= 4 is 5.97 Å². The lowest BCUT2D eigenvalue weighted by Gasteiger charge is -2.50. The Kier molecular flexibility index (Phi) is 6.42. The molecule has 1 N–H and O–H groups in total. The Hall–Kier alpha value is -2.60. The lowest BCUT2D eigenvalue weighted by Crippen LogP contribution is -2.53. The van der Waals surface area contributed by atoms with Gasteiger partial charge in [-0.15, -0.1) is 0 Å². The summed E-state index contributed by atoms with van der Waals surface area (Å²) in [4.78, 5) is 12.1. The second kappa shape index (κ2) is 9.10. The maximum absolute atomic E-state index is 13.2. The molecule has 32 heavy (non-hydrogen) atoms. The fourth-order valence-electron chi connectivity index (χ4n) is 4.80. The van der Waals surface area contributed by atoms with Crippen molar-refractivity contribution in [1.29, 1.82) is 0 Å². The van der Waals surface area contributed by atoms with E-state index in [1.54, 1.807) is 0 Å². The van der Waals surface area contributed by atoms with E-state index in [2.05, 4.69) is 19.1 Å². The van der Waals surface area contributed by atoms with Gasteiger partial charge in [0.1, 0.15) is 35.6 Å². The van der Waals surface area contributed by atoms with Crippen LogP contribution in [0.4, 0.5) is 4.39 Å². The van der Waals surface area contributed by atoms with Gasteiger partial charge in [-0.2, -0.15) is 0 Å². The molecule has 0 aliphatic carbocycles. The van der Waals surface area contributed by atoms with Gasteiger partial charge in [-0.1, -0.05) is 19.4 Å². The zero-order valence-electron chi connectivity index (χ0n) is 18.8. The van der Waals surface area contributed by atoms with Crippen LogP contribution in [0.5, 0.6) is 11.5 Å². The van der Waals surface area contributed by atoms with Crippen LogP contribution in [0.1, 0.15) is 57.3 Å². The van der Waals surface area contributed by atoms with Crippen LogP contribution in [0.2, 0.25) is 0 Å². The third-order valence-electron chi connectivity index (χ3n) is 6.65. The minimum atomic E-state index is -0.908. The van der Waals surface area contributed by atoms with Crippen molar-refractivity contribution in [3.8, 4) is 11.5 Å². The van der Waals surface area contributed by atoms with Crippen LogP contribution < -0.4 is 9.47 Å². The number of carbonyl (C=O) groups is 1. The van der Waals surface area contributed by atoms with Crippen LogP contribution in [-0.4, -0.2) is 29.4 Å². The molecular weight excluding hydrogens is 411 g/mol. The van der Waals surface area contributed by atoms with Crippen molar-refractivity contribution < 1.29 is 28.5 Å². The first kappa shape index (κ1) is 22.6. The quantitative estimate of drug-likeness (QED) is 0.608. The van der Waals surface area contributed by atoms with Gasteiger partial charge >= 0.3 is 5.97 Å². The average molecular weight is 443 g/mol. The Labute approximate surface area is 188 Å². The van der Waals surface area contributed by atoms with Gasteiger partial charge in [0.2, 0.25) is 0 Å². The molecular formula is C26H31FO5. The minimum Gasteiger partial charge on any atom is -0.491 e. The van der Waals surface area contributed by atoms with Crippen LogP contribution >= 0.6 is 0 Å². The average Bonchev–Trinajstić information content (AvgIpc) is 2.76. The third-order valence-corrected chi connectivity index (χ3v) is 6.65. The van der Waals surface area contributed by atoms with E-state index in [0.717, 1.165) is 30.6 Å². The Morgan fingerprint density at radius 3 is 2.66 bits per heavy atom. The summed E-state index contributed by atoms with van der Waals surface area (Å²) in [5, 5.41) is 9.91. The number of unbranched alkanes of at least 4 members (excludes halogenated alkanes) is 1. The monoisotopic (exact) mass is 442 g/mol. The maximum Gasteiger partial charge on any atom is 0.309 e. The number of ether oxygens (including phenoxy) is 3. The molecule has 172 valence electrons. The van der Waals surface area contributed by atoms with E-state index in [9.17, 15) is 14.3 Å². The number of halogens is 1. The predicted molar refractivity (Wildman–Crippen MR) is 119 cm³/mol. The highest BCUT2D eigenvalue weighted by molar-refractivity contribution is 5.71. The van der Waals surface area contributed by atoms with Gasteiger partial charge in [0.05, 0.1) is 12.0 Å². The molecule has 5 nitrogen and oxygen atoms in total. The van der Waals surface area contributed by atoms with Crippen molar-refractivity contribution in [1.82, 2.24) is 0 Å². The lowest BCUT2D eigenvalue weighted by molar-refractivity contribution is -0.192. The number of hydrogen-bond donors (Lipinski definition) is 1. The van der Waals surface area contributed by atoms with Crippen LogP contribution in [0, 0.1) is 17.7 Å². The molecule has 0 unspecified atom stereocenters. The van der Waals surface area contributed by atoms with E-state index in [1.807, 2.05) is 19.9 Å². The number of fused-ring (bicyclic) bond motifs is 3. The summed E-state index contributed by atoms with van der Waals surface area (Å²) in [6, 6.07) is 12.0. The SMILES string of the molecule is CCCCc1ccc2c(c1)[C@H]1O[C@@H](COc3ccc(F)cc3)[C@@H](C(=O)O)C[C@@H]1C(C)(C)O2. The molecule has 0 radical (unpaired) electrons. The highest BCUT2D eigenvalue weighted by Gasteiger charge is 2.52. The maximum atomic E-state index is 13.2. The molecule has 0 bridgehead atoms. The summed E-state index contributed by atoms with van der Waals surface area (Å²) < 4.78 is 31.8. The van der Waals surface area contributed by atoms with Gasteiger partial charge in [0.15, 0.2) is 0 Å². The summed E-state index contributed by atoms with van der Waals surface area (Å²) in [6.45, 7) is 6.24. The molecule has 2 aliphatic heterocycles. The van der Waals surface area contributed by atoms with E-state index in [1.165, 1.54) is 29.8 Å². The molecule has 0 spiro atoms. The number of aliphatic carboxylic acids is 1. The number of aryl methyl sites for hydroxylation is 1. The van der Waals surface area contributed by atoms with Crippen LogP contribution in [0.15, 0.2) is 42.5 Å². The van der Waals surface area contributed by atoms with Gasteiger partial charge in [-0.25, -0.2) is 4.39 Å². The first-order valence-corrected chi connectivity index (χ1v) is 11.4. The Morgan fingerprint density at radius 1 is 1.22 bits per heavy atom. The zero-order valence-corrected chi connectivity index (χ0v) is 18.8. The highest BCUT2D eigenvalue weighted by Crippen LogP contribution is 2.52. The number of hydrogen-bond acceptors (Lipinski definition) is 4. The van der Waals surface area contributed by atoms with E-state index in [4.69, 9.17) is 14.2 Å². The zero-order chi connectivity index (χ0) is 22.9. The number of carboxylic acids is 1. The number of benzene rings is 2. The standard InChI is InChI=1S/C26H31FO5/c1-4-5-6-16-7-12-22-19(13-16)24-21(26(2,3)32-22)14-20(25(28)29)23(31-24)15-30-18-10-8-17(27)9-11-18/h7-13,20-21,23-24H,4-6,14-15H2,1-3H3,(H,28,29)/t20-,21-,23-,24+/m0/s1. The largest absolute Gasteiger partial charge is 0.491 e. The first-order chi connectivity index (χ1) is 15.3. The molecule has 2 aromatic rings. The third kappa shape index (κ3) is 4.60. The lowest BCUT2D eigenvalue weighted by atomic mass is 9.71. The minimum absolute atomic E-state index is 0.0813. The van der Waals surface area contributed by atoms with Gasteiger partial charge in [0, 0.05) is 11.5 Å². The van der Waals surface area contributed by atoms with E-state index in [0.29, 0.717) is 12.2 Å². The summed E-state index contributed by atoms with van der Waals surface area (Å²) in [7, 11) is 0. The molecule has 2 aliphatic rings. The molecule has 2 heterocycles. The van der Waals surface area contributed by atoms with E-state index >= 15 is 0 Å². The second-order valence-electron chi connectivity index (χ2n) is 9.33. The Morgan fingerprint density at radius 2 is 1.97 bits per heavy atom. The van der Waals surface area contributed by atoms with Crippen molar-refractivity contribution in [2.75, 3.05) is 6.61 Å². The van der Waals surface area contributed by atoms with Crippen LogP contribution in [0.25, 0.3) is 0 Å². The Balaban J connectivity index is 1.61.